The van der Waals surface area contributed by atoms with Gasteiger partial charge in [0.05, 0.1) is 12.5 Å². The largest absolute Gasteiger partial charge is 0.370 e. The maximum atomic E-state index is 11.6. The molecule has 0 radical (unpaired) electrons. The van der Waals surface area contributed by atoms with E-state index in [1.165, 1.54) is 0 Å². The minimum Gasteiger partial charge on any atom is -0.370 e. The Labute approximate surface area is 95.3 Å². The van der Waals surface area contributed by atoms with Crippen LogP contribution in [0, 0.1) is 0 Å². The van der Waals surface area contributed by atoms with E-state index in [1.807, 2.05) is 0 Å². The standard InChI is InChI=1S/C10H20N4O2/c1-14-4-2-7(3-5-14)13-10(16)8(11)6-9(12)15/h7-8H,2-6,11H2,1H3,(H2,12,15)(H,13,16). The van der Waals surface area contributed by atoms with Gasteiger partial charge in [0.15, 0.2) is 0 Å². The van der Waals surface area contributed by atoms with Crippen LogP contribution in [-0.4, -0.2) is 48.9 Å². The summed E-state index contributed by atoms with van der Waals surface area (Å²) in [6.07, 6.45) is 1.75. The number of carbonyl (C=O) groups excluding carboxylic acids is 2. The molecule has 1 fully saturated rings. The fraction of sp³-hybridized carbons (Fsp3) is 0.800. The van der Waals surface area contributed by atoms with Gasteiger partial charge in [-0.25, -0.2) is 0 Å². The normalized spacial score (nSPS) is 20.4. The van der Waals surface area contributed by atoms with Crippen molar-refractivity contribution in [3.63, 3.8) is 0 Å². The van der Waals surface area contributed by atoms with Crippen molar-refractivity contribution >= 4 is 11.8 Å². The predicted molar refractivity (Wildman–Crippen MR) is 60.4 cm³/mol. The molecule has 0 bridgehead atoms. The van der Waals surface area contributed by atoms with Gasteiger partial charge >= 0.3 is 0 Å². The van der Waals surface area contributed by atoms with E-state index in [2.05, 4.69) is 17.3 Å². The number of amides is 2. The Morgan fingerprint density at radius 2 is 2.00 bits per heavy atom. The molecule has 1 rings (SSSR count). The molecule has 1 aliphatic rings. The van der Waals surface area contributed by atoms with Crippen LogP contribution in [-0.2, 0) is 9.59 Å². The first-order valence-electron chi connectivity index (χ1n) is 5.52. The molecule has 1 atom stereocenters. The first-order chi connectivity index (χ1) is 7.49. The number of nitrogens with one attached hydrogen (secondary N) is 1. The molecular formula is C10H20N4O2. The molecule has 1 aliphatic heterocycles. The van der Waals surface area contributed by atoms with Gasteiger partial charge in [-0.2, -0.15) is 0 Å². The third kappa shape index (κ3) is 4.16. The van der Waals surface area contributed by atoms with Crippen molar-refractivity contribution < 1.29 is 9.59 Å². The quantitative estimate of drug-likeness (QED) is 0.539. The van der Waals surface area contributed by atoms with Crippen LogP contribution in [0.4, 0.5) is 0 Å². The molecule has 16 heavy (non-hydrogen) atoms. The van der Waals surface area contributed by atoms with Crippen molar-refractivity contribution in [2.75, 3.05) is 20.1 Å². The molecule has 0 saturated carbocycles. The number of nitrogens with zero attached hydrogens (tertiary/aromatic N) is 1. The minimum atomic E-state index is -0.822. The summed E-state index contributed by atoms with van der Waals surface area (Å²) in [7, 11) is 2.05. The molecule has 0 aliphatic carbocycles. The lowest BCUT2D eigenvalue weighted by molar-refractivity contribution is -0.127. The molecule has 0 aromatic rings. The fourth-order valence-corrected chi connectivity index (χ4v) is 1.77. The summed E-state index contributed by atoms with van der Waals surface area (Å²) in [5.74, 6) is -0.834. The number of hydrogen-bond acceptors (Lipinski definition) is 4. The first-order valence-corrected chi connectivity index (χ1v) is 5.52. The summed E-state index contributed by atoms with van der Waals surface area (Å²) in [4.78, 5) is 24.4. The second-order valence-corrected chi connectivity index (χ2v) is 4.36. The summed E-state index contributed by atoms with van der Waals surface area (Å²) < 4.78 is 0. The van der Waals surface area contributed by atoms with Crippen LogP contribution in [0.1, 0.15) is 19.3 Å². The first kappa shape index (κ1) is 12.9. The highest BCUT2D eigenvalue weighted by Crippen LogP contribution is 2.08. The molecule has 1 unspecified atom stereocenters. The maximum absolute atomic E-state index is 11.6. The minimum absolute atomic E-state index is 0.0988. The van der Waals surface area contributed by atoms with Gasteiger partial charge in [0.1, 0.15) is 0 Å². The smallest absolute Gasteiger partial charge is 0.237 e. The topological polar surface area (TPSA) is 101 Å². The van der Waals surface area contributed by atoms with Gasteiger partial charge in [-0.05, 0) is 33.0 Å². The number of likely N-dealkylation sites (tertiary alicyclic amines) is 1. The van der Waals surface area contributed by atoms with E-state index in [4.69, 9.17) is 11.5 Å². The molecular weight excluding hydrogens is 208 g/mol. The summed E-state index contributed by atoms with van der Waals surface area (Å²) in [5, 5.41) is 2.85. The van der Waals surface area contributed by atoms with E-state index in [0.29, 0.717) is 0 Å². The van der Waals surface area contributed by atoms with E-state index in [1.54, 1.807) is 0 Å². The Kier molecular flexibility index (Phi) is 4.70. The Morgan fingerprint density at radius 1 is 1.44 bits per heavy atom. The van der Waals surface area contributed by atoms with Crippen molar-refractivity contribution in [2.24, 2.45) is 11.5 Å². The third-order valence-corrected chi connectivity index (χ3v) is 2.82. The van der Waals surface area contributed by atoms with Crippen molar-refractivity contribution in [2.45, 2.75) is 31.3 Å². The Morgan fingerprint density at radius 3 is 2.50 bits per heavy atom. The third-order valence-electron chi connectivity index (χ3n) is 2.82. The highest BCUT2D eigenvalue weighted by Gasteiger charge is 2.22. The van der Waals surface area contributed by atoms with Crippen molar-refractivity contribution in [1.82, 2.24) is 10.2 Å². The zero-order valence-corrected chi connectivity index (χ0v) is 9.61. The van der Waals surface area contributed by atoms with Gasteiger partial charge in [-0.15, -0.1) is 0 Å². The maximum Gasteiger partial charge on any atom is 0.237 e. The molecule has 6 nitrogen and oxygen atoms in total. The van der Waals surface area contributed by atoms with Gasteiger partial charge in [0, 0.05) is 6.04 Å². The van der Waals surface area contributed by atoms with Crippen LogP contribution in [0.15, 0.2) is 0 Å². The second kappa shape index (κ2) is 5.81. The SMILES string of the molecule is CN1CCC(NC(=O)C(N)CC(N)=O)CC1. The molecule has 0 aromatic carbocycles. The lowest BCUT2D eigenvalue weighted by Crippen LogP contribution is -2.50. The number of nitrogens with two attached hydrogens (primary N) is 2. The number of carbonyl (C=O) groups is 2. The number of piperidine rings is 1. The Hall–Kier alpha value is -1.14. The lowest BCUT2D eigenvalue weighted by Gasteiger charge is -2.30. The van der Waals surface area contributed by atoms with Crippen LogP contribution in [0.3, 0.4) is 0 Å². The van der Waals surface area contributed by atoms with Crippen LogP contribution >= 0.6 is 0 Å². The average Bonchev–Trinajstić information content (AvgIpc) is 2.20. The number of hydrogen-bond donors (Lipinski definition) is 3. The van der Waals surface area contributed by atoms with Crippen LogP contribution < -0.4 is 16.8 Å². The molecule has 0 aromatic heterocycles. The molecule has 92 valence electrons. The predicted octanol–water partition coefficient (Wildman–Crippen LogP) is -1.60. The van der Waals surface area contributed by atoms with E-state index in [-0.39, 0.29) is 18.4 Å². The van der Waals surface area contributed by atoms with Crippen molar-refractivity contribution in [3.8, 4) is 0 Å². The zero-order chi connectivity index (χ0) is 12.1. The molecule has 6 heteroatoms. The molecule has 5 N–H and O–H groups in total. The summed E-state index contributed by atoms with van der Waals surface area (Å²) in [5.41, 5.74) is 10.5. The van der Waals surface area contributed by atoms with Gasteiger partial charge < -0.3 is 21.7 Å². The molecule has 2 amide bonds. The van der Waals surface area contributed by atoms with Gasteiger partial charge in [-0.3, -0.25) is 9.59 Å². The molecule has 1 saturated heterocycles. The zero-order valence-electron chi connectivity index (χ0n) is 9.61. The lowest BCUT2D eigenvalue weighted by atomic mass is 10.0. The van der Waals surface area contributed by atoms with Crippen LogP contribution in [0.2, 0.25) is 0 Å². The highest BCUT2D eigenvalue weighted by atomic mass is 16.2. The second-order valence-electron chi connectivity index (χ2n) is 4.36. The molecule has 1 heterocycles. The van der Waals surface area contributed by atoms with E-state index in [9.17, 15) is 9.59 Å². The summed E-state index contributed by atoms with van der Waals surface area (Å²) >= 11 is 0. The Bertz CT molecular complexity index is 262. The van der Waals surface area contributed by atoms with Gasteiger partial charge in [0.25, 0.3) is 0 Å². The highest BCUT2D eigenvalue weighted by molar-refractivity contribution is 5.87. The number of primary amides is 1. The summed E-state index contributed by atoms with van der Waals surface area (Å²) in [6.45, 7) is 1.94. The molecule has 0 spiro atoms. The van der Waals surface area contributed by atoms with Gasteiger partial charge in [0.2, 0.25) is 11.8 Å². The van der Waals surface area contributed by atoms with Crippen LogP contribution in [0.25, 0.3) is 0 Å². The van der Waals surface area contributed by atoms with Crippen molar-refractivity contribution in [1.29, 1.82) is 0 Å². The number of rotatable bonds is 4. The van der Waals surface area contributed by atoms with E-state index >= 15 is 0 Å². The van der Waals surface area contributed by atoms with Gasteiger partial charge in [-0.1, -0.05) is 0 Å². The fourth-order valence-electron chi connectivity index (χ4n) is 1.77. The Balaban J connectivity index is 2.31. The summed E-state index contributed by atoms with van der Waals surface area (Å²) in [6, 6.07) is -0.653. The van der Waals surface area contributed by atoms with E-state index < -0.39 is 11.9 Å². The monoisotopic (exact) mass is 228 g/mol. The van der Waals surface area contributed by atoms with Crippen molar-refractivity contribution in [3.05, 3.63) is 0 Å². The van der Waals surface area contributed by atoms with E-state index in [0.717, 1.165) is 25.9 Å². The average molecular weight is 228 g/mol. The van der Waals surface area contributed by atoms with Crippen LogP contribution in [0.5, 0.6) is 0 Å².